The maximum atomic E-state index is 5.99. The van der Waals surface area contributed by atoms with Gasteiger partial charge in [-0.1, -0.05) is 11.6 Å². The van der Waals surface area contributed by atoms with E-state index in [-0.39, 0.29) is 6.04 Å². The molecule has 2 N–H and O–H groups in total. The van der Waals surface area contributed by atoms with E-state index in [1.54, 1.807) is 23.7 Å². The molecule has 0 fully saturated rings. The number of aromatic nitrogens is 3. The Balaban J connectivity index is 2.16. The number of nitrogens with two attached hydrogens (primary N) is 1. The van der Waals surface area contributed by atoms with Crippen molar-refractivity contribution in [1.82, 2.24) is 14.5 Å². The zero-order valence-corrected chi connectivity index (χ0v) is 11.2. The van der Waals surface area contributed by atoms with Gasteiger partial charge in [0.15, 0.2) is 0 Å². The van der Waals surface area contributed by atoms with Gasteiger partial charge >= 0.3 is 0 Å². The van der Waals surface area contributed by atoms with Gasteiger partial charge in [0, 0.05) is 11.1 Å². The third-order valence-electron chi connectivity index (χ3n) is 2.91. The normalized spacial score (nSPS) is 13.0. The highest BCUT2D eigenvalue weighted by molar-refractivity contribution is 7.16. The number of thiophene rings is 1. The van der Waals surface area contributed by atoms with Crippen molar-refractivity contribution in [2.45, 2.75) is 13.0 Å². The third-order valence-corrected chi connectivity index (χ3v) is 4.31. The Hall–Kier alpha value is -1.59. The second kappa shape index (κ2) is 4.26. The minimum Gasteiger partial charge on any atom is -0.369 e. The first kappa shape index (κ1) is 11.5. The smallest absolute Gasteiger partial charge is 0.201 e. The topological polar surface area (TPSA) is 56.7 Å². The maximum Gasteiger partial charge on any atom is 0.201 e. The van der Waals surface area contributed by atoms with Gasteiger partial charge in [0.2, 0.25) is 5.95 Å². The van der Waals surface area contributed by atoms with Gasteiger partial charge < -0.3 is 10.3 Å². The molecule has 0 saturated heterocycles. The van der Waals surface area contributed by atoms with Crippen LogP contribution >= 0.6 is 22.9 Å². The van der Waals surface area contributed by atoms with Crippen LogP contribution in [0.25, 0.3) is 11.0 Å². The number of anilines is 1. The lowest BCUT2D eigenvalue weighted by molar-refractivity contribution is 0.680. The number of nitrogen functional groups attached to an aromatic ring is 1. The van der Waals surface area contributed by atoms with E-state index in [4.69, 9.17) is 17.3 Å². The second-order valence-corrected chi connectivity index (χ2v) is 5.77. The Labute approximate surface area is 113 Å². The van der Waals surface area contributed by atoms with Crippen molar-refractivity contribution in [2.75, 3.05) is 5.73 Å². The minimum atomic E-state index is 0.106. The maximum absolute atomic E-state index is 5.99. The average Bonchev–Trinajstić information content (AvgIpc) is 2.91. The highest BCUT2D eigenvalue weighted by atomic mass is 35.5. The van der Waals surface area contributed by atoms with Crippen molar-refractivity contribution in [2.24, 2.45) is 0 Å². The lowest BCUT2D eigenvalue weighted by atomic mass is 10.2. The average molecular weight is 279 g/mol. The van der Waals surface area contributed by atoms with E-state index in [1.807, 2.05) is 22.8 Å². The van der Waals surface area contributed by atoms with Crippen LogP contribution in [-0.2, 0) is 0 Å². The summed E-state index contributed by atoms with van der Waals surface area (Å²) in [6.45, 7) is 2.08. The molecule has 0 saturated carbocycles. The number of pyridine rings is 1. The molecule has 92 valence electrons. The molecule has 0 spiro atoms. The Morgan fingerprint density at radius 3 is 2.94 bits per heavy atom. The van der Waals surface area contributed by atoms with E-state index in [9.17, 15) is 0 Å². The third kappa shape index (κ3) is 1.76. The molecule has 3 rings (SSSR count). The predicted octanol–water partition coefficient (Wildman–Crippen LogP) is 3.34. The summed E-state index contributed by atoms with van der Waals surface area (Å²) in [6, 6.07) is 5.94. The van der Waals surface area contributed by atoms with Gasteiger partial charge in [0.1, 0.15) is 5.52 Å². The quantitative estimate of drug-likeness (QED) is 0.782. The van der Waals surface area contributed by atoms with Gasteiger partial charge in [-0.15, -0.1) is 11.3 Å². The van der Waals surface area contributed by atoms with Crippen LogP contribution in [0.3, 0.4) is 0 Å². The molecule has 0 radical (unpaired) electrons. The van der Waals surface area contributed by atoms with Crippen LogP contribution in [0.5, 0.6) is 0 Å². The number of hydrogen-bond donors (Lipinski definition) is 1. The van der Waals surface area contributed by atoms with Crippen molar-refractivity contribution in [3.05, 3.63) is 39.8 Å². The first-order valence-electron chi connectivity index (χ1n) is 5.49. The summed E-state index contributed by atoms with van der Waals surface area (Å²) in [5.74, 6) is 0.495. The van der Waals surface area contributed by atoms with Gasteiger partial charge in [-0.3, -0.25) is 4.98 Å². The molecule has 18 heavy (non-hydrogen) atoms. The molecule has 3 aromatic rings. The Morgan fingerprint density at radius 2 is 2.22 bits per heavy atom. The van der Waals surface area contributed by atoms with Crippen LogP contribution in [0, 0.1) is 0 Å². The molecule has 0 aliphatic carbocycles. The fourth-order valence-electron chi connectivity index (χ4n) is 2.06. The van der Waals surface area contributed by atoms with Crippen LogP contribution in [0.15, 0.2) is 30.6 Å². The highest BCUT2D eigenvalue weighted by Crippen LogP contribution is 2.32. The number of halogens is 1. The highest BCUT2D eigenvalue weighted by Gasteiger charge is 2.16. The standard InChI is InChI=1S/C12H11ClN4S/c1-7(10-2-3-11(13)18-10)17-9-4-5-15-6-8(9)16-12(17)14/h2-7H,1H3,(H2,14,16). The van der Waals surface area contributed by atoms with E-state index < -0.39 is 0 Å². The number of rotatable bonds is 2. The van der Waals surface area contributed by atoms with Crippen LogP contribution in [0.1, 0.15) is 17.8 Å². The van der Waals surface area contributed by atoms with Crippen molar-refractivity contribution in [3.63, 3.8) is 0 Å². The van der Waals surface area contributed by atoms with Gasteiger partial charge in [0.25, 0.3) is 0 Å². The molecule has 0 bridgehead atoms. The first-order valence-corrected chi connectivity index (χ1v) is 6.69. The molecular formula is C12H11ClN4S. The van der Waals surface area contributed by atoms with E-state index in [0.29, 0.717) is 5.95 Å². The molecule has 3 heterocycles. The molecule has 3 aromatic heterocycles. The summed E-state index contributed by atoms with van der Waals surface area (Å²) in [5.41, 5.74) is 7.79. The zero-order valence-electron chi connectivity index (χ0n) is 9.67. The number of imidazole rings is 1. The van der Waals surface area contributed by atoms with Crippen LogP contribution in [-0.4, -0.2) is 14.5 Å². The van der Waals surface area contributed by atoms with Crippen molar-refractivity contribution >= 4 is 39.9 Å². The summed E-state index contributed by atoms with van der Waals surface area (Å²) in [4.78, 5) is 9.53. The summed E-state index contributed by atoms with van der Waals surface area (Å²) in [6.07, 6.45) is 3.46. The zero-order chi connectivity index (χ0) is 12.7. The molecular weight excluding hydrogens is 268 g/mol. The second-order valence-electron chi connectivity index (χ2n) is 4.02. The minimum absolute atomic E-state index is 0.106. The lowest BCUT2D eigenvalue weighted by Gasteiger charge is -2.14. The van der Waals surface area contributed by atoms with Gasteiger partial charge in [0.05, 0.1) is 22.1 Å². The monoisotopic (exact) mass is 278 g/mol. The first-order chi connectivity index (χ1) is 8.66. The Kier molecular flexibility index (Phi) is 2.72. The lowest BCUT2D eigenvalue weighted by Crippen LogP contribution is -2.08. The summed E-state index contributed by atoms with van der Waals surface area (Å²) in [5, 5.41) is 0. The van der Waals surface area contributed by atoms with Crippen LogP contribution in [0.2, 0.25) is 4.34 Å². The fourth-order valence-corrected chi connectivity index (χ4v) is 3.16. The number of hydrogen-bond acceptors (Lipinski definition) is 4. The van der Waals surface area contributed by atoms with Crippen molar-refractivity contribution in [1.29, 1.82) is 0 Å². The molecule has 1 atom stereocenters. The molecule has 0 aliphatic rings. The molecule has 0 aromatic carbocycles. The Bertz CT molecular complexity index is 703. The SMILES string of the molecule is CC(c1ccc(Cl)s1)n1c(N)nc2cnccc21. The van der Waals surface area contributed by atoms with Gasteiger partial charge in [-0.2, -0.15) is 0 Å². The predicted molar refractivity (Wildman–Crippen MR) is 75.1 cm³/mol. The van der Waals surface area contributed by atoms with E-state index in [1.165, 1.54) is 0 Å². The number of fused-ring (bicyclic) bond motifs is 1. The largest absolute Gasteiger partial charge is 0.369 e. The van der Waals surface area contributed by atoms with Crippen molar-refractivity contribution in [3.8, 4) is 0 Å². The van der Waals surface area contributed by atoms with Crippen molar-refractivity contribution < 1.29 is 0 Å². The number of nitrogens with zero attached hydrogens (tertiary/aromatic N) is 3. The molecule has 0 aliphatic heterocycles. The molecule has 4 nitrogen and oxygen atoms in total. The molecule has 0 amide bonds. The Morgan fingerprint density at radius 1 is 1.39 bits per heavy atom. The van der Waals surface area contributed by atoms with Crippen LogP contribution < -0.4 is 5.73 Å². The van der Waals surface area contributed by atoms with Gasteiger partial charge in [-0.25, -0.2) is 4.98 Å². The van der Waals surface area contributed by atoms with Gasteiger partial charge in [-0.05, 0) is 25.1 Å². The van der Waals surface area contributed by atoms with E-state index in [2.05, 4.69) is 16.9 Å². The molecule has 1 unspecified atom stereocenters. The summed E-state index contributed by atoms with van der Waals surface area (Å²) in [7, 11) is 0. The molecule has 6 heteroatoms. The summed E-state index contributed by atoms with van der Waals surface area (Å²) >= 11 is 7.53. The summed E-state index contributed by atoms with van der Waals surface area (Å²) < 4.78 is 2.78. The fraction of sp³-hybridized carbons (Fsp3) is 0.167. The van der Waals surface area contributed by atoms with E-state index in [0.717, 1.165) is 20.2 Å². The van der Waals surface area contributed by atoms with Crippen LogP contribution in [0.4, 0.5) is 5.95 Å². The van der Waals surface area contributed by atoms with E-state index >= 15 is 0 Å².